The van der Waals surface area contributed by atoms with Crippen LogP contribution in [0.15, 0.2) is 45.3 Å². The third kappa shape index (κ3) is 9.57. The first kappa shape index (κ1) is 27.5. The average Bonchev–Trinajstić information content (AvgIpc) is 3.49. The number of Topliss-reactive ketones (excluding diaryl/α,β-unsaturated/α-hetero) is 1. The van der Waals surface area contributed by atoms with Gasteiger partial charge in [0.1, 0.15) is 5.78 Å². The molecule has 0 spiro atoms. The lowest BCUT2D eigenvalue weighted by atomic mass is 9.97. The minimum absolute atomic E-state index is 0.104. The number of hydrogen-bond donors (Lipinski definition) is 2. The van der Waals surface area contributed by atoms with E-state index in [9.17, 15) is 9.59 Å². The second-order valence-electron chi connectivity index (χ2n) is 8.22. The van der Waals surface area contributed by atoms with Crippen LogP contribution in [0.5, 0.6) is 0 Å². The van der Waals surface area contributed by atoms with Crippen molar-refractivity contribution in [3.63, 3.8) is 0 Å². The normalized spacial score (nSPS) is 19.2. The number of aliphatic carboxylic acids is 1. The van der Waals surface area contributed by atoms with Crippen molar-refractivity contribution < 1.29 is 24.2 Å². The number of halogens is 2. The maximum absolute atomic E-state index is 12.0. The zero-order valence-corrected chi connectivity index (χ0v) is 22.2. The van der Waals surface area contributed by atoms with Crippen LogP contribution in [0.2, 0.25) is 0 Å². The van der Waals surface area contributed by atoms with E-state index in [4.69, 9.17) is 20.3 Å². The standard InChI is InChI=1S/C13H15BrO2.C7H8BrN.C5H8O3/c1-9-2-3-12(14)11(6-9)7-13(15)10-4-5-16-8-10;1-5-2-3-6(8)7(9)4-5;6-5(7)4-1-2-8-3-4/h2-3,6,10H,4-5,7-8H2,1H3;2-4H,9H2,1H3;4H,1-3H2,(H,6,7). The van der Waals surface area contributed by atoms with Gasteiger partial charge < -0.3 is 20.3 Å². The van der Waals surface area contributed by atoms with Gasteiger partial charge in [0, 0.05) is 40.2 Å². The number of benzene rings is 2. The van der Waals surface area contributed by atoms with E-state index in [2.05, 4.69) is 37.9 Å². The third-order valence-electron chi connectivity index (χ3n) is 5.38. The summed E-state index contributed by atoms with van der Waals surface area (Å²) in [6.07, 6.45) is 2.06. The maximum atomic E-state index is 12.0. The van der Waals surface area contributed by atoms with E-state index in [1.54, 1.807) is 0 Å². The van der Waals surface area contributed by atoms with Crippen LogP contribution in [0.4, 0.5) is 5.69 Å². The Hall–Kier alpha value is -1.74. The van der Waals surface area contributed by atoms with E-state index in [0.29, 0.717) is 38.4 Å². The number of aryl methyl sites for hydroxylation is 2. The quantitative estimate of drug-likeness (QED) is 0.470. The molecule has 6 nitrogen and oxygen atoms in total. The fraction of sp³-hybridized carbons (Fsp3) is 0.440. The molecule has 33 heavy (non-hydrogen) atoms. The Bertz CT molecular complexity index is 938. The minimum atomic E-state index is -0.734. The monoisotopic (exact) mass is 583 g/mol. The van der Waals surface area contributed by atoms with Crippen molar-refractivity contribution in [2.24, 2.45) is 11.8 Å². The lowest BCUT2D eigenvalue weighted by Gasteiger charge is -2.08. The lowest BCUT2D eigenvalue weighted by Crippen LogP contribution is -2.17. The lowest BCUT2D eigenvalue weighted by molar-refractivity contribution is -0.141. The molecule has 0 bridgehead atoms. The van der Waals surface area contributed by atoms with E-state index >= 15 is 0 Å². The van der Waals surface area contributed by atoms with Crippen molar-refractivity contribution in [3.05, 3.63) is 62.0 Å². The average molecular weight is 585 g/mol. The summed E-state index contributed by atoms with van der Waals surface area (Å²) in [5.74, 6) is -0.575. The number of hydrogen-bond acceptors (Lipinski definition) is 5. The fourth-order valence-corrected chi connectivity index (χ4v) is 3.99. The molecule has 2 aliphatic heterocycles. The molecule has 0 radical (unpaired) electrons. The first-order valence-corrected chi connectivity index (χ1v) is 12.4. The molecule has 2 aromatic carbocycles. The summed E-state index contributed by atoms with van der Waals surface area (Å²) in [4.78, 5) is 22.1. The van der Waals surface area contributed by atoms with E-state index < -0.39 is 5.97 Å². The van der Waals surface area contributed by atoms with Crippen LogP contribution < -0.4 is 5.73 Å². The molecule has 3 N–H and O–H groups in total. The van der Waals surface area contributed by atoms with E-state index in [1.165, 1.54) is 11.1 Å². The number of ether oxygens (including phenoxy) is 2. The summed E-state index contributed by atoms with van der Waals surface area (Å²) in [7, 11) is 0. The van der Waals surface area contributed by atoms with E-state index in [1.807, 2.05) is 44.2 Å². The molecular formula is C25H31Br2NO5. The van der Waals surface area contributed by atoms with Crippen molar-refractivity contribution in [3.8, 4) is 0 Å². The van der Waals surface area contributed by atoms with Gasteiger partial charge in [0.15, 0.2) is 0 Å². The summed E-state index contributed by atoms with van der Waals surface area (Å²) >= 11 is 6.79. The molecule has 4 rings (SSSR count). The Kier molecular flexibility index (Phi) is 11.5. The highest BCUT2D eigenvalue weighted by molar-refractivity contribution is 9.10. The number of carbonyl (C=O) groups is 2. The number of carbonyl (C=O) groups excluding carboxylic acids is 1. The Morgan fingerprint density at radius 2 is 1.48 bits per heavy atom. The van der Waals surface area contributed by atoms with Gasteiger partial charge in [-0.25, -0.2) is 0 Å². The maximum Gasteiger partial charge on any atom is 0.308 e. The number of carboxylic acid groups (broad SMARTS) is 1. The molecule has 2 fully saturated rings. The molecule has 0 saturated carbocycles. The van der Waals surface area contributed by atoms with Crippen LogP contribution >= 0.6 is 31.9 Å². The van der Waals surface area contributed by atoms with Crippen molar-refractivity contribution in [2.75, 3.05) is 32.2 Å². The molecule has 8 heteroatoms. The van der Waals surface area contributed by atoms with E-state index in [-0.39, 0.29) is 11.8 Å². The van der Waals surface area contributed by atoms with Crippen molar-refractivity contribution >= 4 is 49.3 Å². The highest BCUT2D eigenvalue weighted by Gasteiger charge is 2.24. The van der Waals surface area contributed by atoms with Gasteiger partial charge in [-0.2, -0.15) is 0 Å². The Labute approximate surface area is 212 Å². The van der Waals surface area contributed by atoms with Gasteiger partial charge in [-0.3, -0.25) is 9.59 Å². The molecule has 0 aromatic heterocycles. The second kappa shape index (κ2) is 13.8. The number of ketones is 1. The van der Waals surface area contributed by atoms with Crippen LogP contribution in [-0.2, 0) is 25.5 Å². The van der Waals surface area contributed by atoms with Crippen molar-refractivity contribution in [2.45, 2.75) is 33.1 Å². The Balaban J connectivity index is 0.000000192. The predicted molar refractivity (Wildman–Crippen MR) is 136 cm³/mol. The van der Waals surface area contributed by atoms with Crippen molar-refractivity contribution in [1.82, 2.24) is 0 Å². The second-order valence-corrected chi connectivity index (χ2v) is 9.93. The van der Waals surface area contributed by atoms with Gasteiger partial charge in [0.05, 0.1) is 19.1 Å². The topological polar surface area (TPSA) is 98.9 Å². The number of anilines is 1. The zero-order chi connectivity index (χ0) is 24.4. The third-order valence-corrected chi connectivity index (χ3v) is 6.88. The minimum Gasteiger partial charge on any atom is -0.481 e. The molecule has 0 amide bonds. The van der Waals surface area contributed by atoms with E-state index in [0.717, 1.165) is 33.2 Å². The summed E-state index contributed by atoms with van der Waals surface area (Å²) in [5, 5.41) is 8.33. The fourth-order valence-electron chi connectivity index (χ4n) is 3.35. The van der Waals surface area contributed by atoms with Gasteiger partial charge in [-0.15, -0.1) is 0 Å². The van der Waals surface area contributed by atoms with Gasteiger partial charge in [-0.1, -0.05) is 39.7 Å². The van der Waals surface area contributed by atoms with Gasteiger partial charge in [0.2, 0.25) is 0 Å². The largest absolute Gasteiger partial charge is 0.481 e. The SMILES string of the molecule is Cc1ccc(Br)c(CC(=O)C2CCOC2)c1.Cc1ccc(Br)c(N)c1.O=C(O)C1CCOC1. The first-order chi connectivity index (χ1) is 15.7. The molecule has 0 aliphatic carbocycles. The van der Waals surface area contributed by atoms with Crippen LogP contribution in [0, 0.1) is 25.7 Å². The zero-order valence-electron chi connectivity index (χ0n) is 19.0. The van der Waals surface area contributed by atoms with Gasteiger partial charge in [-0.05, 0) is 71.9 Å². The molecule has 2 heterocycles. The number of nitrogens with two attached hydrogens (primary N) is 1. The number of nitrogen functional groups attached to an aromatic ring is 1. The van der Waals surface area contributed by atoms with Crippen molar-refractivity contribution in [1.29, 1.82) is 0 Å². The Morgan fingerprint density at radius 3 is 1.94 bits per heavy atom. The summed E-state index contributed by atoms with van der Waals surface area (Å²) in [6, 6.07) is 12.0. The highest BCUT2D eigenvalue weighted by Crippen LogP contribution is 2.22. The predicted octanol–water partition coefficient (Wildman–Crippen LogP) is 5.35. The Morgan fingerprint density at radius 1 is 0.939 bits per heavy atom. The molecule has 180 valence electrons. The molecule has 2 atom stereocenters. The molecule has 2 saturated heterocycles. The smallest absolute Gasteiger partial charge is 0.308 e. The van der Waals surface area contributed by atoms with Gasteiger partial charge in [0.25, 0.3) is 0 Å². The molecule has 2 aromatic rings. The van der Waals surface area contributed by atoms with Crippen LogP contribution in [-0.4, -0.2) is 43.3 Å². The van der Waals surface area contributed by atoms with Crippen LogP contribution in [0.25, 0.3) is 0 Å². The summed E-state index contributed by atoms with van der Waals surface area (Å²) < 4.78 is 12.1. The van der Waals surface area contributed by atoms with Gasteiger partial charge >= 0.3 is 5.97 Å². The highest BCUT2D eigenvalue weighted by atomic mass is 79.9. The number of carboxylic acids is 1. The molecule has 2 aliphatic rings. The first-order valence-electron chi connectivity index (χ1n) is 10.8. The summed E-state index contributed by atoms with van der Waals surface area (Å²) in [5.41, 5.74) is 9.83. The molecule has 2 unspecified atom stereocenters. The summed E-state index contributed by atoms with van der Waals surface area (Å²) in [6.45, 7) is 6.39. The van der Waals surface area contributed by atoms with Crippen LogP contribution in [0.1, 0.15) is 29.5 Å². The number of rotatable bonds is 4. The van der Waals surface area contributed by atoms with Crippen LogP contribution in [0.3, 0.4) is 0 Å². The molecular weight excluding hydrogens is 554 g/mol.